The van der Waals surface area contributed by atoms with E-state index in [9.17, 15) is 9.59 Å². The lowest BCUT2D eigenvalue weighted by Gasteiger charge is -2.30. The van der Waals surface area contributed by atoms with E-state index < -0.39 is 0 Å². The van der Waals surface area contributed by atoms with Gasteiger partial charge < -0.3 is 10.6 Å². The van der Waals surface area contributed by atoms with Crippen LogP contribution in [0.5, 0.6) is 0 Å². The Hall–Kier alpha value is -2.41. The maximum Gasteiger partial charge on any atom is 0.293 e. The molecule has 3 rings (SSSR count). The van der Waals surface area contributed by atoms with Gasteiger partial charge in [0.05, 0.1) is 16.6 Å². The summed E-state index contributed by atoms with van der Waals surface area (Å²) in [7, 11) is 0. The SMILES string of the molecule is Cc1nc(C(=O)N2CCC[C@@H](C(N)=O)C2)nn1-c1ccccc1Cl. The molecule has 2 amide bonds. The molecule has 0 radical (unpaired) electrons. The zero-order valence-corrected chi connectivity index (χ0v) is 14.0. The molecular formula is C16H18ClN5O2. The van der Waals surface area contributed by atoms with Crippen molar-refractivity contribution in [2.45, 2.75) is 19.8 Å². The van der Waals surface area contributed by atoms with Gasteiger partial charge in [0.2, 0.25) is 11.7 Å². The molecule has 2 N–H and O–H groups in total. The average Bonchev–Trinajstić information content (AvgIpc) is 2.96. The smallest absolute Gasteiger partial charge is 0.293 e. The van der Waals surface area contributed by atoms with Gasteiger partial charge >= 0.3 is 0 Å². The zero-order chi connectivity index (χ0) is 17.3. The average molecular weight is 348 g/mol. The fourth-order valence-corrected chi connectivity index (χ4v) is 3.08. The van der Waals surface area contributed by atoms with Gasteiger partial charge in [0.15, 0.2) is 0 Å². The van der Waals surface area contributed by atoms with E-state index in [0.29, 0.717) is 36.0 Å². The van der Waals surface area contributed by atoms with Gasteiger partial charge in [-0.2, -0.15) is 0 Å². The monoisotopic (exact) mass is 347 g/mol. The number of carbonyl (C=O) groups excluding carboxylic acids is 2. The molecule has 1 fully saturated rings. The highest BCUT2D eigenvalue weighted by atomic mass is 35.5. The summed E-state index contributed by atoms with van der Waals surface area (Å²) >= 11 is 6.19. The molecule has 126 valence electrons. The number of hydrogen-bond donors (Lipinski definition) is 1. The summed E-state index contributed by atoms with van der Waals surface area (Å²) in [6.45, 7) is 2.64. The van der Waals surface area contributed by atoms with Gasteiger partial charge in [-0.3, -0.25) is 9.59 Å². The Balaban J connectivity index is 1.86. The summed E-state index contributed by atoms with van der Waals surface area (Å²) in [5, 5.41) is 4.82. The molecule has 8 heteroatoms. The molecule has 24 heavy (non-hydrogen) atoms. The third-order valence-corrected chi connectivity index (χ3v) is 4.47. The van der Waals surface area contributed by atoms with Crippen LogP contribution in [0.1, 0.15) is 29.3 Å². The lowest BCUT2D eigenvalue weighted by atomic mass is 9.97. The highest BCUT2D eigenvalue weighted by Gasteiger charge is 2.29. The predicted molar refractivity (Wildman–Crippen MR) is 88.9 cm³/mol. The minimum absolute atomic E-state index is 0.0949. The maximum absolute atomic E-state index is 12.7. The van der Waals surface area contributed by atoms with E-state index >= 15 is 0 Å². The first-order valence-corrected chi connectivity index (χ1v) is 8.12. The van der Waals surface area contributed by atoms with Gasteiger partial charge in [-0.05, 0) is 31.9 Å². The normalized spacial score (nSPS) is 17.8. The second kappa shape index (κ2) is 6.60. The van der Waals surface area contributed by atoms with Crippen molar-refractivity contribution < 1.29 is 9.59 Å². The Labute approximate surface area is 144 Å². The Morgan fingerprint density at radius 3 is 2.79 bits per heavy atom. The topological polar surface area (TPSA) is 94.1 Å². The van der Waals surface area contributed by atoms with Crippen molar-refractivity contribution in [3.05, 3.63) is 40.9 Å². The number of nitrogens with two attached hydrogens (primary N) is 1. The third-order valence-electron chi connectivity index (χ3n) is 4.15. The molecule has 1 aliphatic heterocycles. The van der Waals surface area contributed by atoms with Crippen molar-refractivity contribution in [3.8, 4) is 5.69 Å². The first-order chi connectivity index (χ1) is 11.5. The number of amides is 2. The summed E-state index contributed by atoms with van der Waals surface area (Å²) in [6, 6.07) is 7.22. The number of para-hydroxylation sites is 1. The molecular weight excluding hydrogens is 330 g/mol. The van der Waals surface area contributed by atoms with E-state index in [0.717, 1.165) is 6.42 Å². The number of aryl methyl sites for hydroxylation is 1. The van der Waals surface area contributed by atoms with Gasteiger partial charge in [-0.1, -0.05) is 23.7 Å². The fraction of sp³-hybridized carbons (Fsp3) is 0.375. The summed E-state index contributed by atoms with van der Waals surface area (Å²) in [6.07, 6.45) is 1.45. The molecule has 7 nitrogen and oxygen atoms in total. The van der Waals surface area contributed by atoms with Crippen LogP contribution in [-0.4, -0.2) is 44.6 Å². The molecule has 0 unspecified atom stereocenters. The summed E-state index contributed by atoms with van der Waals surface area (Å²) < 4.78 is 1.55. The highest BCUT2D eigenvalue weighted by Crippen LogP contribution is 2.21. The van der Waals surface area contributed by atoms with Gasteiger partial charge in [0, 0.05) is 13.1 Å². The van der Waals surface area contributed by atoms with Crippen molar-refractivity contribution >= 4 is 23.4 Å². The molecule has 0 spiro atoms. The Bertz CT molecular complexity index is 789. The van der Waals surface area contributed by atoms with Crippen molar-refractivity contribution in [1.82, 2.24) is 19.7 Å². The van der Waals surface area contributed by atoms with Crippen molar-refractivity contribution in [1.29, 1.82) is 0 Å². The molecule has 2 heterocycles. The van der Waals surface area contributed by atoms with Crippen LogP contribution in [0.4, 0.5) is 0 Å². The predicted octanol–water partition coefficient (Wildman–Crippen LogP) is 1.57. The van der Waals surface area contributed by atoms with E-state index in [1.165, 1.54) is 0 Å². The van der Waals surface area contributed by atoms with Crippen LogP contribution < -0.4 is 5.73 Å². The molecule has 1 aromatic heterocycles. The first-order valence-electron chi connectivity index (χ1n) is 7.74. The molecule has 0 saturated carbocycles. The van der Waals surface area contributed by atoms with Crippen LogP contribution in [0.3, 0.4) is 0 Å². The highest BCUT2D eigenvalue weighted by molar-refractivity contribution is 6.32. The van der Waals surface area contributed by atoms with Crippen LogP contribution in [0.25, 0.3) is 5.69 Å². The van der Waals surface area contributed by atoms with Gasteiger partial charge in [0.25, 0.3) is 5.91 Å². The van der Waals surface area contributed by atoms with E-state index in [-0.39, 0.29) is 23.6 Å². The Morgan fingerprint density at radius 2 is 2.08 bits per heavy atom. The number of carbonyl (C=O) groups is 2. The number of rotatable bonds is 3. The molecule has 2 aromatic rings. The van der Waals surface area contributed by atoms with E-state index in [2.05, 4.69) is 10.1 Å². The van der Waals surface area contributed by atoms with Crippen LogP contribution in [0.2, 0.25) is 5.02 Å². The minimum atomic E-state index is -0.377. The van der Waals surface area contributed by atoms with Crippen LogP contribution in [0.15, 0.2) is 24.3 Å². The maximum atomic E-state index is 12.7. The molecule has 1 atom stereocenters. The van der Waals surface area contributed by atoms with E-state index in [4.69, 9.17) is 17.3 Å². The zero-order valence-electron chi connectivity index (χ0n) is 13.3. The number of hydrogen-bond acceptors (Lipinski definition) is 4. The summed E-state index contributed by atoms with van der Waals surface area (Å²) in [4.78, 5) is 29.9. The quantitative estimate of drug-likeness (QED) is 0.911. The number of halogens is 1. The van der Waals surface area contributed by atoms with Crippen molar-refractivity contribution in [2.24, 2.45) is 11.7 Å². The molecule has 1 saturated heterocycles. The van der Waals surface area contributed by atoms with Gasteiger partial charge in [-0.25, -0.2) is 9.67 Å². The standard InChI is InChI=1S/C16H18ClN5O2/c1-10-19-15(20-22(10)13-7-3-2-6-12(13)17)16(24)21-8-4-5-11(9-21)14(18)23/h2-3,6-7,11H,4-5,8-9H2,1H3,(H2,18,23)/t11-/m1/s1. The largest absolute Gasteiger partial charge is 0.369 e. The number of primary amides is 1. The van der Waals surface area contributed by atoms with Crippen LogP contribution >= 0.6 is 11.6 Å². The lowest BCUT2D eigenvalue weighted by Crippen LogP contribution is -2.44. The number of piperidine rings is 1. The number of likely N-dealkylation sites (tertiary alicyclic amines) is 1. The van der Waals surface area contributed by atoms with Crippen LogP contribution in [-0.2, 0) is 4.79 Å². The minimum Gasteiger partial charge on any atom is -0.369 e. The van der Waals surface area contributed by atoms with Gasteiger partial charge in [-0.15, -0.1) is 5.10 Å². The molecule has 0 aliphatic carbocycles. The lowest BCUT2D eigenvalue weighted by molar-refractivity contribution is -0.123. The second-order valence-electron chi connectivity index (χ2n) is 5.84. The van der Waals surface area contributed by atoms with E-state index in [1.54, 1.807) is 22.6 Å². The van der Waals surface area contributed by atoms with Gasteiger partial charge in [0.1, 0.15) is 5.82 Å². The van der Waals surface area contributed by atoms with Crippen molar-refractivity contribution in [3.63, 3.8) is 0 Å². The van der Waals surface area contributed by atoms with E-state index in [1.807, 2.05) is 18.2 Å². The number of aromatic nitrogens is 3. The fourth-order valence-electron chi connectivity index (χ4n) is 2.87. The summed E-state index contributed by atoms with van der Waals surface area (Å²) in [5.41, 5.74) is 6.03. The Kier molecular flexibility index (Phi) is 4.53. The number of benzene rings is 1. The first kappa shape index (κ1) is 16.4. The second-order valence-corrected chi connectivity index (χ2v) is 6.25. The molecule has 1 aromatic carbocycles. The summed E-state index contributed by atoms with van der Waals surface area (Å²) in [5.74, 6) is -0.324. The molecule has 1 aliphatic rings. The Morgan fingerprint density at radius 1 is 1.33 bits per heavy atom. The van der Waals surface area contributed by atoms with Crippen LogP contribution in [0, 0.1) is 12.8 Å². The van der Waals surface area contributed by atoms with Crippen molar-refractivity contribution in [2.75, 3.05) is 13.1 Å². The number of nitrogens with zero attached hydrogens (tertiary/aromatic N) is 4. The third kappa shape index (κ3) is 3.12. The molecule has 0 bridgehead atoms.